The number of pyridine rings is 1. The van der Waals surface area contributed by atoms with Crippen molar-refractivity contribution in [1.29, 1.82) is 0 Å². The minimum atomic E-state index is -0.217. The number of nitrogens with one attached hydrogen (secondary N) is 1. The van der Waals surface area contributed by atoms with Gasteiger partial charge < -0.3 is 14.4 Å². The van der Waals surface area contributed by atoms with E-state index in [4.69, 9.17) is 9.47 Å². The summed E-state index contributed by atoms with van der Waals surface area (Å²) < 4.78 is 14.6. The summed E-state index contributed by atoms with van der Waals surface area (Å²) in [6.45, 7) is 13.7. The van der Waals surface area contributed by atoms with Gasteiger partial charge in [0.2, 0.25) is 5.88 Å². The van der Waals surface area contributed by atoms with Crippen LogP contribution in [0.5, 0.6) is 5.88 Å². The Morgan fingerprint density at radius 1 is 1.03 bits per heavy atom. The highest BCUT2D eigenvalue weighted by Gasteiger charge is 2.25. The van der Waals surface area contributed by atoms with Gasteiger partial charge >= 0.3 is 6.09 Å². The van der Waals surface area contributed by atoms with Gasteiger partial charge in [0.05, 0.1) is 18.2 Å². The zero-order valence-corrected chi connectivity index (χ0v) is 21.1. The number of rotatable bonds is 9. The summed E-state index contributed by atoms with van der Waals surface area (Å²) in [5, 5.41) is 0. The molecule has 1 aliphatic rings. The zero-order chi connectivity index (χ0) is 23.8. The van der Waals surface area contributed by atoms with Crippen LogP contribution in [0.3, 0.4) is 0 Å². The van der Waals surface area contributed by atoms with Gasteiger partial charge in [0.25, 0.3) is 0 Å². The molecule has 1 saturated heterocycles. The second kappa shape index (κ2) is 12.3. The first-order valence-electron chi connectivity index (χ1n) is 11.6. The van der Waals surface area contributed by atoms with Crippen molar-refractivity contribution in [3.05, 3.63) is 53.7 Å². The van der Waals surface area contributed by atoms with Crippen molar-refractivity contribution < 1.29 is 14.3 Å². The molecule has 1 aromatic heterocycles. The molecule has 1 fully saturated rings. The van der Waals surface area contributed by atoms with Crippen LogP contribution in [0.1, 0.15) is 44.9 Å². The number of hydrogen-bond donors (Lipinski definition) is 1. The molecule has 1 aromatic carbocycles. The third-order valence-corrected chi connectivity index (χ3v) is 6.15. The molecule has 33 heavy (non-hydrogen) atoms. The summed E-state index contributed by atoms with van der Waals surface area (Å²) in [7, 11) is 0. The largest absolute Gasteiger partial charge is 0.475 e. The van der Waals surface area contributed by atoms with Crippen LogP contribution in [0.25, 0.3) is 0 Å². The molecule has 1 aliphatic heterocycles. The van der Waals surface area contributed by atoms with Gasteiger partial charge in [0.15, 0.2) is 0 Å². The van der Waals surface area contributed by atoms with Crippen molar-refractivity contribution in [3.8, 4) is 5.88 Å². The van der Waals surface area contributed by atoms with E-state index in [0.29, 0.717) is 19.0 Å². The van der Waals surface area contributed by atoms with Gasteiger partial charge in [-0.05, 0) is 58.2 Å². The van der Waals surface area contributed by atoms with E-state index < -0.39 is 0 Å². The molecule has 0 aliphatic carbocycles. The molecule has 1 amide bonds. The molecule has 0 spiro atoms. The maximum atomic E-state index is 12.2. The van der Waals surface area contributed by atoms with Gasteiger partial charge in [-0.3, -0.25) is 9.62 Å². The molecule has 180 valence electrons. The molecule has 2 heterocycles. The molecule has 1 N–H and O–H groups in total. The van der Waals surface area contributed by atoms with Gasteiger partial charge in [-0.25, -0.2) is 9.78 Å². The number of aryl methyl sites for hydroxylation is 1. The van der Waals surface area contributed by atoms with Gasteiger partial charge in [0, 0.05) is 49.9 Å². The van der Waals surface area contributed by atoms with E-state index in [1.807, 2.05) is 46.0 Å². The average molecular weight is 473 g/mol. The van der Waals surface area contributed by atoms with Gasteiger partial charge in [-0.15, -0.1) is 0 Å². The standard InChI is InChI=1S/C25H36N4O3S/c1-18(2)31-24-11-10-22(16-26-24)33-27-23(21-8-6-20(5)7-9-21)17-28-12-14-29(15-13-28)25(30)32-19(3)4/h6-11,16,18-19,23,27H,12-15,17H2,1-5H3. The van der Waals surface area contributed by atoms with E-state index >= 15 is 0 Å². The van der Waals surface area contributed by atoms with Crippen LogP contribution in [-0.4, -0.2) is 65.8 Å². The zero-order valence-electron chi connectivity index (χ0n) is 20.3. The minimum Gasteiger partial charge on any atom is -0.475 e. The van der Waals surface area contributed by atoms with Gasteiger partial charge in [0.1, 0.15) is 0 Å². The van der Waals surface area contributed by atoms with Crippen LogP contribution >= 0.6 is 11.9 Å². The monoisotopic (exact) mass is 472 g/mol. The van der Waals surface area contributed by atoms with E-state index in [1.165, 1.54) is 11.1 Å². The van der Waals surface area contributed by atoms with Crippen LogP contribution in [-0.2, 0) is 4.74 Å². The summed E-state index contributed by atoms with van der Waals surface area (Å²) in [6, 6.07) is 12.7. The van der Waals surface area contributed by atoms with Gasteiger partial charge in [-0.1, -0.05) is 29.8 Å². The Morgan fingerprint density at radius 3 is 2.30 bits per heavy atom. The van der Waals surface area contributed by atoms with Gasteiger partial charge in [-0.2, -0.15) is 0 Å². The number of carbonyl (C=O) groups is 1. The number of hydrogen-bond acceptors (Lipinski definition) is 7. The molecular weight excluding hydrogens is 436 g/mol. The quantitative estimate of drug-likeness (QED) is 0.532. The molecule has 8 heteroatoms. The number of ether oxygens (including phenoxy) is 2. The number of nitrogens with zero attached hydrogens (tertiary/aromatic N) is 3. The number of carbonyl (C=O) groups excluding carboxylic acids is 1. The van der Waals surface area contributed by atoms with Crippen molar-refractivity contribution in [2.75, 3.05) is 32.7 Å². The van der Waals surface area contributed by atoms with E-state index in [2.05, 4.69) is 45.8 Å². The maximum absolute atomic E-state index is 12.2. The minimum absolute atomic E-state index is 0.0943. The second-order valence-electron chi connectivity index (χ2n) is 8.90. The first-order chi connectivity index (χ1) is 15.8. The summed E-state index contributed by atoms with van der Waals surface area (Å²) in [6.07, 6.45) is 1.63. The third kappa shape index (κ3) is 8.21. The molecule has 7 nitrogen and oxygen atoms in total. The highest BCUT2D eigenvalue weighted by atomic mass is 32.2. The fraction of sp³-hybridized carbons (Fsp3) is 0.520. The predicted octanol–water partition coefficient (Wildman–Crippen LogP) is 4.68. The topological polar surface area (TPSA) is 66.9 Å². The van der Waals surface area contributed by atoms with Crippen molar-refractivity contribution in [3.63, 3.8) is 0 Å². The van der Waals surface area contributed by atoms with Crippen molar-refractivity contribution >= 4 is 18.0 Å². The lowest BCUT2D eigenvalue weighted by Gasteiger charge is -2.36. The second-order valence-corrected chi connectivity index (χ2v) is 9.81. The molecule has 1 unspecified atom stereocenters. The number of amides is 1. The Balaban J connectivity index is 1.60. The Labute approximate surface area is 202 Å². The normalized spacial score (nSPS) is 15.7. The molecule has 1 atom stereocenters. The SMILES string of the molecule is Cc1ccc(C(CN2CCN(C(=O)OC(C)C)CC2)NSc2ccc(OC(C)C)nc2)cc1. The number of aromatic nitrogens is 1. The predicted molar refractivity (Wildman–Crippen MR) is 133 cm³/mol. The van der Waals surface area contributed by atoms with Crippen molar-refractivity contribution in [1.82, 2.24) is 19.5 Å². The molecule has 0 radical (unpaired) electrons. The Morgan fingerprint density at radius 2 is 1.73 bits per heavy atom. The summed E-state index contributed by atoms with van der Waals surface area (Å²) in [5.74, 6) is 0.637. The lowest BCUT2D eigenvalue weighted by Crippen LogP contribution is -2.50. The molecular formula is C25H36N4O3S. The highest BCUT2D eigenvalue weighted by Crippen LogP contribution is 2.24. The molecule has 3 rings (SSSR count). The number of benzene rings is 1. The smallest absolute Gasteiger partial charge is 0.410 e. The summed E-state index contributed by atoms with van der Waals surface area (Å²) in [4.78, 5) is 21.8. The average Bonchev–Trinajstić information content (AvgIpc) is 2.78. The summed E-state index contributed by atoms with van der Waals surface area (Å²) >= 11 is 1.58. The molecule has 2 aromatic rings. The van der Waals surface area contributed by atoms with Crippen LogP contribution in [0.2, 0.25) is 0 Å². The van der Waals surface area contributed by atoms with Crippen LogP contribution in [0, 0.1) is 6.92 Å². The Kier molecular flexibility index (Phi) is 9.41. The third-order valence-electron chi connectivity index (χ3n) is 5.27. The van der Waals surface area contributed by atoms with E-state index in [0.717, 1.165) is 24.5 Å². The Hall–Kier alpha value is -2.29. The fourth-order valence-electron chi connectivity index (χ4n) is 3.53. The highest BCUT2D eigenvalue weighted by molar-refractivity contribution is 7.97. The number of piperazine rings is 1. The lowest BCUT2D eigenvalue weighted by atomic mass is 10.1. The first kappa shape index (κ1) is 25.3. The lowest BCUT2D eigenvalue weighted by molar-refractivity contribution is 0.0560. The first-order valence-corrected chi connectivity index (χ1v) is 12.4. The van der Waals surface area contributed by atoms with Crippen molar-refractivity contribution in [2.24, 2.45) is 0 Å². The van der Waals surface area contributed by atoms with Crippen LogP contribution in [0.4, 0.5) is 4.79 Å². The summed E-state index contributed by atoms with van der Waals surface area (Å²) in [5.41, 5.74) is 2.48. The molecule has 0 bridgehead atoms. The van der Waals surface area contributed by atoms with E-state index in [1.54, 1.807) is 16.8 Å². The van der Waals surface area contributed by atoms with Crippen LogP contribution < -0.4 is 9.46 Å². The molecule has 0 saturated carbocycles. The Bertz CT molecular complexity index is 866. The van der Waals surface area contributed by atoms with E-state index in [-0.39, 0.29) is 24.3 Å². The fourth-order valence-corrected chi connectivity index (χ4v) is 4.26. The van der Waals surface area contributed by atoms with Crippen LogP contribution in [0.15, 0.2) is 47.5 Å². The maximum Gasteiger partial charge on any atom is 0.410 e. The van der Waals surface area contributed by atoms with Crippen molar-refractivity contribution in [2.45, 2.75) is 57.8 Å². The van der Waals surface area contributed by atoms with E-state index in [9.17, 15) is 4.79 Å².